The van der Waals surface area contributed by atoms with E-state index in [2.05, 4.69) is 27.5 Å². The molecule has 0 aliphatic carbocycles. The Bertz CT molecular complexity index is 433. The first-order chi connectivity index (χ1) is 10.2. The minimum atomic E-state index is 0.382. The highest BCUT2D eigenvalue weighted by atomic mass is 32.1. The van der Waals surface area contributed by atoms with E-state index in [-0.39, 0.29) is 0 Å². The Balaban J connectivity index is 2.13. The van der Waals surface area contributed by atoms with E-state index in [4.69, 9.17) is 18.0 Å². The monoisotopic (exact) mass is 307 g/mol. The van der Waals surface area contributed by atoms with Gasteiger partial charge in [-0.15, -0.1) is 0 Å². The van der Waals surface area contributed by atoms with Crippen LogP contribution in [0, 0.1) is 0 Å². The molecule has 1 rings (SSSR count). The number of hydrogen-bond donors (Lipinski definition) is 3. The van der Waals surface area contributed by atoms with Crippen LogP contribution in [0.5, 0.6) is 0 Å². The molecule has 1 aromatic rings. The van der Waals surface area contributed by atoms with E-state index >= 15 is 0 Å². The van der Waals surface area contributed by atoms with Crippen molar-refractivity contribution in [1.29, 1.82) is 0 Å². The highest BCUT2D eigenvalue weighted by Gasteiger charge is 1.98. The average molecular weight is 307 g/mol. The van der Waals surface area contributed by atoms with Crippen molar-refractivity contribution >= 4 is 23.3 Å². The number of thiocarbonyl (C=S) groups is 1. The summed E-state index contributed by atoms with van der Waals surface area (Å²) in [7, 11) is 0. The van der Waals surface area contributed by atoms with Crippen molar-refractivity contribution in [3.63, 3.8) is 0 Å². The van der Waals surface area contributed by atoms with Gasteiger partial charge >= 0.3 is 0 Å². The van der Waals surface area contributed by atoms with Crippen LogP contribution in [0.15, 0.2) is 29.5 Å². The van der Waals surface area contributed by atoms with Gasteiger partial charge < -0.3 is 16.4 Å². The van der Waals surface area contributed by atoms with E-state index in [1.807, 2.05) is 12.1 Å². The molecule has 5 nitrogen and oxygen atoms in total. The zero-order chi connectivity index (χ0) is 15.3. The summed E-state index contributed by atoms with van der Waals surface area (Å²) in [6, 6.07) is 3.98. The molecule has 0 aromatic carbocycles. The van der Waals surface area contributed by atoms with Crippen LogP contribution in [-0.4, -0.2) is 29.1 Å². The second-order valence-electron chi connectivity index (χ2n) is 4.81. The van der Waals surface area contributed by atoms with Gasteiger partial charge in [0.25, 0.3) is 0 Å². The Morgan fingerprint density at radius 2 is 2.05 bits per heavy atom. The van der Waals surface area contributed by atoms with Crippen LogP contribution in [0.4, 0.5) is 0 Å². The fourth-order valence-corrected chi connectivity index (χ4v) is 2.01. The molecule has 4 N–H and O–H groups in total. The standard InChI is InChI=1S/C15H25N5S/c1-2-3-4-5-9-18-14(16)20-15(21)19-12-8-13-6-10-17-11-7-13/h6-7,10-11H,2-5,8-9,12H2,1H3,(H4,16,18,19,20,21). The van der Waals surface area contributed by atoms with Crippen LogP contribution in [0.1, 0.15) is 38.2 Å². The van der Waals surface area contributed by atoms with Gasteiger partial charge in [-0.05, 0) is 42.8 Å². The summed E-state index contributed by atoms with van der Waals surface area (Å²) >= 11 is 5.17. The molecule has 21 heavy (non-hydrogen) atoms. The van der Waals surface area contributed by atoms with Gasteiger partial charge in [0.15, 0.2) is 11.1 Å². The highest BCUT2D eigenvalue weighted by molar-refractivity contribution is 7.80. The fourth-order valence-electron chi connectivity index (χ4n) is 1.81. The topological polar surface area (TPSA) is 75.3 Å². The maximum Gasteiger partial charge on any atom is 0.194 e. The normalized spacial score (nSPS) is 11.2. The van der Waals surface area contributed by atoms with E-state index < -0.39 is 0 Å². The maximum atomic E-state index is 5.78. The molecule has 1 aromatic heterocycles. The molecular formula is C15H25N5S. The Hall–Kier alpha value is -1.69. The zero-order valence-electron chi connectivity index (χ0n) is 12.6. The molecule has 0 saturated heterocycles. The van der Waals surface area contributed by atoms with Crippen molar-refractivity contribution in [2.45, 2.75) is 39.0 Å². The van der Waals surface area contributed by atoms with Gasteiger partial charge in [0, 0.05) is 25.5 Å². The van der Waals surface area contributed by atoms with Gasteiger partial charge in [0.1, 0.15) is 0 Å². The third-order valence-electron chi connectivity index (χ3n) is 2.98. The molecule has 0 fully saturated rings. The molecule has 6 heteroatoms. The van der Waals surface area contributed by atoms with E-state index in [0.29, 0.717) is 11.1 Å². The molecule has 0 atom stereocenters. The molecule has 0 unspecified atom stereocenters. The fraction of sp³-hybridized carbons (Fsp3) is 0.533. The van der Waals surface area contributed by atoms with Crippen molar-refractivity contribution in [3.8, 4) is 0 Å². The summed E-state index contributed by atoms with van der Waals surface area (Å²) in [6.07, 6.45) is 9.20. The number of aromatic nitrogens is 1. The average Bonchev–Trinajstić information content (AvgIpc) is 2.48. The van der Waals surface area contributed by atoms with Crippen LogP contribution in [0.2, 0.25) is 0 Å². The van der Waals surface area contributed by atoms with E-state index in [9.17, 15) is 0 Å². The van der Waals surface area contributed by atoms with Gasteiger partial charge in [-0.1, -0.05) is 26.2 Å². The molecular weight excluding hydrogens is 282 g/mol. The number of rotatable bonds is 8. The molecule has 116 valence electrons. The summed E-state index contributed by atoms with van der Waals surface area (Å²) in [6.45, 7) is 3.69. The minimum absolute atomic E-state index is 0.382. The molecule has 0 amide bonds. The number of hydrogen-bond acceptors (Lipinski definition) is 3. The Labute approximate surface area is 132 Å². The molecule has 0 aliphatic heterocycles. The summed E-state index contributed by atoms with van der Waals surface area (Å²) < 4.78 is 0. The van der Waals surface area contributed by atoms with Gasteiger partial charge in [-0.2, -0.15) is 0 Å². The van der Waals surface area contributed by atoms with Crippen molar-refractivity contribution in [2.75, 3.05) is 13.1 Å². The molecule has 0 radical (unpaired) electrons. The number of nitrogens with zero attached hydrogens (tertiary/aromatic N) is 2. The lowest BCUT2D eigenvalue weighted by molar-refractivity contribution is 0.674. The molecule has 0 spiro atoms. The first-order valence-electron chi connectivity index (χ1n) is 7.46. The van der Waals surface area contributed by atoms with E-state index in [1.165, 1.54) is 24.8 Å². The Morgan fingerprint density at radius 3 is 2.76 bits per heavy atom. The van der Waals surface area contributed by atoms with Crippen molar-refractivity contribution in [1.82, 2.24) is 15.6 Å². The Kier molecular flexibility index (Phi) is 9.11. The zero-order valence-corrected chi connectivity index (χ0v) is 13.5. The van der Waals surface area contributed by atoms with Crippen molar-refractivity contribution < 1.29 is 0 Å². The van der Waals surface area contributed by atoms with Crippen LogP contribution in [0.3, 0.4) is 0 Å². The summed E-state index contributed by atoms with van der Waals surface area (Å²) in [5.74, 6) is 0.382. The Morgan fingerprint density at radius 1 is 1.29 bits per heavy atom. The highest BCUT2D eigenvalue weighted by Crippen LogP contribution is 1.98. The SMILES string of the molecule is CCCCCCN=C(N)NC(=S)NCCc1ccncc1. The predicted octanol–water partition coefficient (Wildman–Crippen LogP) is 1.98. The third kappa shape index (κ3) is 8.96. The van der Waals surface area contributed by atoms with Crippen molar-refractivity contribution in [2.24, 2.45) is 10.7 Å². The van der Waals surface area contributed by atoms with E-state index in [1.54, 1.807) is 12.4 Å². The van der Waals surface area contributed by atoms with Gasteiger partial charge in [0.05, 0.1) is 0 Å². The smallest absolute Gasteiger partial charge is 0.194 e. The summed E-state index contributed by atoms with van der Waals surface area (Å²) in [5.41, 5.74) is 7.00. The molecule has 0 aliphatic rings. The van der Waals surface area contributed by atoms with Crippen LogP contribution >= 0.6 is 12.2 Å². The largest absolute Gasteiger partial charge is 0.370 e. The first kappa shape index (κ1) is 17.4. The number of unbranched alkanes of at least 4 members (excludes halogenated alkanes) is 3. The van der Waals surface area contributed by atoms with Crippen LogP contribution < -0.4 is 16.4 Å². The predicted molar refractivity (Wildman–Crippen MR) is 92.3 cm³/mol. The molecule has 0 saturated carbocycles. The summed E-state index contributed by atoms with van der Waals surface area (Å²) in [4.78, 5) is 8.23. The number of nitrogens with two attached hydrogens (primary N) is 1. The third-order valence-corrected chi connectivity index (χ3v) is 3.23. The second kappa shape index (κ2) is 11.0. The molecule has 0 bridgehead atoms. The quantitative estimate of drug-likeness (QED) is 0.296. The second-order valence-corrected chi connectivity index (χ2v) is 5.22. The van der Waals surface area contributed by atoms with Crippen molar-refractivity contribution in [3.05, 3.63) is 30.1 Å². The number of guanidine groups is 1. The van der Waals surface area contributed by atoms with Crippen LogP contribution in [0.25, 0.3) is 0 Å². The molecule has 1 heterocycles. The number of nitrogens with one attached hydrogen (secondary N) is 2. The van der Waals surface area contributed by atoms with Gasteiger partial charge in [-0.3, -0.25) is 9.98 Å². The first-order valence-corrected chi connectivity index (χ1v) is 7.87. The van der Waals surface area contributed by atoms with Gasteiger partial charge in [-0.25, -0.2) is 0 Å². The number of aliphatic imine (C=N–C) groups is 1. The lowest BCUT2D eigenvalue weighted by Crippen LogP contribution is -2.43. The lowest BCUT2D eigenvalue weighted by atomic mass is 10.2. The van der Waals surface area contributed by atoms with Crippen LogP contribution in [-0.2, 0) is 6.42 Å². The maximum absolute atomic E-state index is 5.78. The van der Waals surface area contributed by atoms with Gasteiger partial charge in [0.2, 0.25) is 0 Å². The summed E-state index contributed by atoms with van der Waals surface area (Å²) in [5, 5.41) is 6.52. The van der Waals surface area contributed by atoms with E-state index in [0.717, 1.165) is 25.9 Å². The lowest BCUT2D eigenvalue weighted by Gasteiger charge is -2.09. The number of pyridine rings is 1. The minimum Gasteiger partial charge on any atom is -0.370 e.